The maximum Gasteiger partial charge on any atom is 0.259 e. The Morgan fingerprint density at radius 2 is 2.12 bits per heavy atom. The molecule has 5 nitrogen and oxygen atoms in total. The lowest BCUT2D eigenvalue weighted by molar-refractivity contribution is 0.412. The van der Waals surface area contributed by atoms with Crippen LogP contribution in [0.1, 0.15) is 11.4 Å². The molecule has 0 spiro atoms. The molecule has 0 aliphatic rings. The summed E-state index contributed by atoms with van der Waals surface area (Å²) in [6.45, 7) is 0. The Morgan fingerprint density at radius 1 is 1.33 bits per heavy atom. The number of nitriles is 1. The summed E-state index contributed by atoms with van der Waals surface area (Å²) in [6, 6.07) is 14.5. The molecule has 3 rings (SSSR count). The van der Waals surface area contributed by atoms with Crippen LogP contribution < -0.4 is 10.3 Å². The molecule has 118 valence electrons. The van der Waals surface area contributed by atoms with Crippen molar-refractivity contribution < 1.29 is 4.74 Å². The van der Waals surface area contributed by atoms with Crippen molar-refractivity contribution in [2.45, 2.75) is 0 Å². The first-order valence-corrected chi connectivity index (χ1v) is 7.86. The first-order valence-electron chi connectivity index (χ1n) is 7.07. The Kier molecular flexibility index (Phi) is 4.45. The number of ether oxygens (including phenoxy) is 1. The Labute approximate surface area is 146 Å². The number of aromatic nitrogens is 2. The largest absolute Gasteiger partial charge is 0.496 e. The summed E-state index contributed by atoms with van der Waals surface area (Å²) in [5, 5.41) is 9.95. The number of H-pyrrole nitrogens is 1. The van der Waals surface area contributed by atoms with Gasteiger partial charge in [0.05, 0.1) is 28.1 Å². The van der Waals surface area contributed by atoms with Gasteiger partial charge in [0, 0.05) is 0 Å². The van der Waals surface area contributed by atoms with Gasteiger partial charge in [-0.3, -0.25) is 4.79 Å². The summed E-state index contributed by atoms with van der Waals surface area (Å²) in [5.41, 5.74) is 1.34. The van der Waals surface area contributed by atoms with E-state index in [0.29, 0.717) is 16.7 Å². The number of nitrogens with zero attached hydrogens (tertiary/aromatic N) is 2. The van der Waals surface area contributed by atoms with Crippen LogP contribution in [0.5, 0.6) is 5.75 Å². The van der Waals surface area contributed by atoms with Crippen molar-refractivity contribution in [1.82, 2.24) is 9.97 Å². The number of allylic oxidation sites excluding steroid dienone is 1. The highest BCUT2D eigenvalue weighted by Crippen LogP contribution is 2.27. The SMILES string of the molecule is COc1ccc(/C=C(/C#N)c2nc3ccccc3c(=O)[nH]2)cc1Br. The normalized spacial score (nSPS) is 11.3. The molecule has 1 heterocycles. The Bertz CT molecular complexity index is 1050. The van der Waals surface area contributed by atoms with Gasteiger partial charge in [-0.1, -0.05) is 18.2 Å². The van der Waals surface area contributed by atoms with Crippen LogP contribution >= 0.6 is 15.9 Å². The second-order valence-corrected chi connectivity index (χ2v) is 5.85. The molecule has 1 aromatic heterocycles. The fourth-order valence-electron chi connectivity index (χ4n) is 2.31. The van der Waals surface area contributed by atoms with E-state index in [2.05, 4.69) is 32.0 Å². The van der Waals surface area contributed by atoms with Crippen molar-refractivity contribution in [3.05, 3.63) is 68.7 Å². The molecule has 0 atom stereocenters. The van der Waals surface area contributed by atoms with Crippen molar-refractivity contribution in [2.24, 2.45) is 0 Å². The van der Waals surface area contributed by atoms with E-state index >= 15 is 0 Å². The highest BCUT2D eigenvalue weighted by molar-refractivity contribution is 9.10. The lowest BCUT2D eigenvalue weighted by atomic mass is 10.1. The van der Waals surface area contributed by atoms with Gasteiger partial charge in [-0.25, -0.2) is 4.98 Å². The zero-order chi connectivity index (χ0) is 17.1. The number of halogens is 1. The van der Waals surface area contributed by atoms with E-state index in [1.807, 2.05) is 12.1 Å². The molecule has 24 heavy (non-hydrogen) atoms. The lowest BCUT2D eigenvalue weighted by Gasteiger charge is -2.05. The van der Waals surface area contributed by atoms with Gasteiger partial charge in [-0.2, -0.15) is 5.26 Å². The molecule has 0 aliphatic carbocycles. The average Bonchev–Trinajstić information content (AvgIpc) is 2.59. The Hall–Kier alpha value is -2.91. The number of hydrogen-bond acceptors (Lipinski definition) is 4. The molecule has 6 heteroatoms. The van der Waals surface area contributed by atoms with E-state index in [9.17, 15) is 10.1 Å². The van der Waals surface area contributed by atoms with E-state index in [-0.39, 0.29) is 17.0 Å². The van der Waals surface area contributed by atoms with Crippen molar-refractivity contribution in [3.63, 3.8) is 0 Å². The molecular weight excluding hydrogens is 370 g/mol. The first kappa shape index (κ1) is 16.0. The summed E-state index contributed by atoms with van der Waals surface area (Å²) < 4.78 is 5.96. The van der Waals surface area contributed by atoms with E-state index in [4.69, 9.17) is 4.74 Å². The minimum Gasteiger partial charge on any atom is -0.496 e. The number of hydrogen-bond donors (Lipinski definition) is 1. The molecule has 0 radical (unpaired) electrons. The average molecular weight is 382 g/mol. The standard InChI is InChI=1S/C18H12BrN3O2/c1-24-16-7-6-11(9-14(16)19)8-12(10-20)17-21-15-5-3-2-4-13(15)18(23)22-17/h2-9H,1H3,(H,21,22,23)/b12-8-. The first-order chi connectivity index (χ1) is 11.6. The molecule has 0 saturated heterocycles. The van der Waals surface area contributed by atoms with Gasteiger partial charge < -0.3 is 9.72 Å². The summed E-state index contributed by atoms with van der Waals surface area (Å²) in [4.78, 5) is 19.2. The summed E-state index contributed by atoms with van der Waals surface area (Å²) in [7, 11) is 1.58. The van der Waals surface area contributed by atoms with Gasteiger partial charge in [-0.05, 0) is 51.8 Å². The molecule has 1 N–H and O–H groups in total. The highest BCUT2D eigenvalue weighted by atomic mass is 79.9. The van der Waals surface area contributed by atoms with Gasteiger partial charge >= 0.3 is 0 Å². The number of rotatable bonds is 3. The molecule has 2 aromatic carbocycles. The molecule has 0 saturated carbocycles. The third kappa shape index (κ3) is 3.07. The molecular formula is C18H12BrN3O2. The lowest BCUT2D eigenvalue weighted by Crippen LogP contribution is -2.11. The molecule has 0 amide bonds. The van der Waals surface area contributed by atoms with Gasteiger partial charge in [0.2, 0.25) is 0 Å². The van der Waals surface area contributed by atoms with Gasteiger partial charge in [-0.15, -0.1) is 0 Å². The monoisotopic (exact) mass is 381 g/mol. The fraction of sp³-hybridized carbons (Fsp3) is 0.0556. The zero-order valence-electron chi connectivity index (χ0n) is 12.7. The maximum atomic E-state index is 12.2. The number of fused-ring (bicyclic) bond motifs is 1. The van der Waals surface area contributed by atoms with E-state index in [1.165, 1.54) is 0 Å². The summed E-state index contributed by atoms with van der Waals surface area (Å²) >= 11 is 3.41. The minimum atomic E-state index is -0.271. The minimum absolute atomic E-state index is 0.244. The topological polar surface area (TPSA) is 78.8 Å². The third-order valence-corrected chi connectivity index (χ3v) is 4.09. The van der Waals surface area contributed by atoms with Crippen molar-refractivity contribution >= 4 is 38.5 Å². The molecule has 0 aliphatic heterocycles. The second-order valence-electron chi connectivity index (χ2n) is 5.00. The smallest absolute Gasteiger partial charge is 0.259 e. The van der Waals surface area contributed by atoms with Crippen LogP contribution in [0.15, 0.2) is 51.7 Å². The third-order valence-electron chi connectivity index (χ3n) is 3.48. The highest BCUT2D eigenvalue weighted by Gasteiger charge is 2.09. The predicted molar refractivity (Wildman–Crippen MR) is 96.5 cm³/mol. The summed E-state index contributed by atoms with van der Waals surface area (Å²) in [6.07, 6.45) is 1.66. The zero-order valence-corrected chi connectivity index (χ0v) is 14.3. The molecule has 3 aromatic rings. The van der Waals surface area contributed by atoms with Crippen molar-refractivity contribution in [3.8, 4) is 11.8 Å². The maximum absolute atomic E-state index is 12.2. The Balaban J connectivity index is 2.11. The van der Waals surface area contributed by atoms with Crippen LogP contribution in [-0.2, 0) is 0 Å². The number of benzene rings is 2. The van der Waals surface area contributed by atoms with Crippen molar-refractivity contribution in [1.29, 1.82) is 5.26 Å². The molecule has 0 bridgehead atoms. The number of para-hydroxylation sites is 1. The van der Waals surface area contributed by atoms with Crippen molar-refractivity contribution in [2.75, 3.05) is 7.11 Å². The van der Waals surface area contributed by atoms with Crippen LogP contribution in [0, 0.1) is 11.3 Å². The van der Waals surface area contributed by atoms with Gasteiger partial charge in [0.1, 0.15) is 11.8 Å². The van der Waals surface area contributed by atoms with Crippen LogP contribution in [0.4, 0.5) is 0 Å². The Morgan fingerprint density at radius 3 is 2.83 bits per heavy atom. The van der Waals surface area contributed by atoms with Crippen LogP contribution in [0.3, 0.4) is 0 Å². The van der Waals surface area contributed by atoms with Crippen LogP contribution in [0.25, 0.3) is 22.6 Å². The molecule has 0 fully saturated rings. The summed E-state index contributed by atoms with van der Waals surface area (Å²) in [5.74, 6) is 0.941. The second kappa shape index (κ2) is 6.69. The van der Waals surface area contributed by atoms with E-state index < -0.39 is 0 Å². The fourth-order valence-corrected chi connectivity index (χ4v) is 2.87. The van der Waals surface area contributed by atoms with E-state index in [0.717, 1.165) is 10.0 Å². The van der Waals surface area contributed by atoms with E-state index in [1.54, 1.807) is 43.5 Å². The van der Waals surface area contributed by atoms with Gasteiger partial charge in [0.25, 0.3) is 5.56 Å². The molecule has 0 unspecified atom stereocenters. The van der Waals surface area contributed by atoms with Gasteiger partial charge in [0.15, 0.2) is 5.82 Å². The quantitative estimate of drug-likeness (QED) is 0.700. The predicted octanol–water partition coefficient (Wildman–Crippen LogP) is 3.76. The van der Waals surface area contributed by atoms with Crippen LogP contribution in [-0.4, -0.2) is 17.1 Å². The number of aromatic amines is 1. The number of methoxy groups -OCH3 is 1. The van der Waals surface area contributed by atoms with Crippen LogP contribution in [0.2, 0.25) is 0 Å². The number of nitrogens with one attached hydrogen (secondary N) is 1.